The van der Waals surface area contributed by atoms with Crippen molar-refractivity contribution in [2.75, 3.05) is 23.7 Å². The zero-order chi connectivity index (χ0) is 24.1. The number of halogens is 3. The molecular formula is C21H24Cl2IN3O4S. The van der Waals surface area contributed by atoms with Crippen molar-refractivity contribution in [2.24, 2.45) is 0 Å². The van der Waals surface area contributed by atoms with Crippen LogP contribution in [0.1, 0.15) is 19.4 Å². The van der Waals surface area contributed by atoms with Crippen molar-refractivity contribution in [3.63, 3.8) is 0 Å². The Balaban J connectivity index is 2.43. The number of carbonyl (C=O) groups is 2. The van der Waals surface area contributed by atoms with Crippen LogP contribution in [0.5, 0.6) is 0 Å². The van der Waals surface area contributed by atoms with Gasteiger partial charge >= 0.3 is 0 Å². The van der Waals surface area contributed by atoms with E-state index in [2.05, 4.69) is 27.9 Å². The first kappa shape index (κ1) is 26.7. The number of likely N-dealkylation sites (N-methyl/N-ethyl adjacent to an activating group) is 1. The third kappa shape index (κ3) is 6.97. The van der Waals surface area contributed by atoms with Crippen molar-refractivity contribution in [1.82, 2.24) is 10.2 Å². The lowest BCUT2D eigenvalue weighted by Gasteiger charge is -2.31. The normalized spacial score (nSPS) is 12.2. The number of nitrogens with zero attached hydrogens (tertiary/aromatic N) is 2. The van der Waals surface area contributed by atoms with Crippen molar-refractivity contribution in [3.05, 3.63) is 61.6 Å². The topological polar surface area (TPSA) is 86.8 Å². The summed E-state index contributed by atoms with van der Waals surface area (Å²) in [7, 11) is -3.77. The maximum Gasteiger partial charge on any atom is 0.244 e. The molecule has 174 valence electrons. The average Bonchev–Trinajstić information content (AvgIpc) is 2.71. The van der Waals surface area contributed by atoms with Gasteiger partial charge in [0.15, 0.2) is 0 Å². The molecule has 0 heterocycles. The van der Waals surface area contributed by atoms with Gasteiger partial charge in [-0.2, -0.15) is 0 Å². The zero-order valence-electron chi connectivity index (χ0n) is 17.8. The Morgan fingerprint density at radius 2 is 1.66 bits per heavy atom. The van der Waals surface area contributed by atoms with E-state index in [-0.39, 0.29) is 12.5 Å². The number of hydrogen-bond donors (Lipinski definition) is 1. The largest absolute Gasteiger partial charge is 0.355 e. The van der Waals surface area contributed by atoms with E-state index < -0.39 is 28.5 Å². The summed E-state index contributed by atoms with van der Waals surface area (Å²) in [6, 6.07) is 10.8. The molecule has 0 radical (unpaired) electrons. The Morgan fingerprint density at radius 1 is 1.09 bits per heavy atom. The molecule has 1 N–H and O–H groups in total. The molecule has 2 aromatic rings. The molecule has 0 saturated heterocycles. The van der Waals surface area contributed by atoms with E-state index in [0.717, 1.165) is 14.1 Å². The Labute approximate surface area is 212 Å². The summed E-state index contributed by atoms with van der Waals surface area (Å²) in [6.07, 6.45) is 1.03. The summed E-state index contributed by atoms with van der Waals surface area (Å²) < 4.78 is 26.9. The molecule has 1 atom stereocenters. The van der Waals surface area contributed by atoms with E-state index in [9.17, 15) is 18.0 Å². The third-order valence-electron chi connectivity index (χ3n) is 4.70. The van der Waals surface area contributed by atoms with Gasteiger partial charge in [-0.1, -0.05) is 29.3 Å². The predicted octanol–water partition coefficient (Wildman–Crippen LogP) is 3.92. The molecule has 0 aliphatic heterocycles. The van der Waals surface area contributed by atoms with Crippen molar-refractivity contribution >= 4 is 73.3 Å². The molecule has 0 saturated carbocycles. The molecule has 2 rings (SSSR count). The summed E-state index contributed by atoms with van der Waals surface area (Å²) in [5, 5.41) is 3.37. The summed E-state index contributed by atoms with van der Waals surface area (Å²) in [6.45, 7) is 3.19. The second kappa shape index (κ2) is 11.5. The fraction of sp³-hybridized carbons (Fsp3) is 0.333. The molecule has 0 bridgehead atoms. The van der Waals surface area contributed by atoms with Crippen LogP contribution < -0.4 is 9.62 Å². The van der Waals surface area contributed by atoms with Crippen molar-refractivity contribution < 1.29 is 18.0 Å². The van der Waals surface area contributed by atoms with Crippen LogP contribution >= 0.6 is 45.8 Å². The van der Waals surface area contributed by atoms with Gasteiger partial charge in [-0.3, -0.25) is 13.9 Å². The van der Waals surface area contributed by atoms with E-state index in [1.54, 1.807) is 56.3 Å². The van der Waals surface area contributed by atoms with Gasteiger partial charge in [-0.15, -0.1) is 0 Å². The Kier molecular flexibility index (Phi) is 9.62. The van der Waals surface area contributed by atoms with Gasteiger partial charge in [0.1, 0.15) is 12.6 Å². The SMILES string of the molecule is CCNC(=O)C(C)N(Cc1c(Cl)cccc1Cl)C(=O)CN(c1ccc(I)cc1)S(C)(=O)=O. The average molecular weight is 612 g/mol. The highest BCUT2D eigenvalue weighted by atomic mass is 127. The number of hydrogen-bond acceptors (Lipinski definition) is 4. The highest BCUT2D eigenvalue weighted by Gasteiger charge is 2.30. The van der Waals surface area contributed by atoms with Gasteiger partial charge in [0.25, 0.3) is 0 Å². The Bertz CT molecular complexity index is 1060. The second-order valence-corrected chi connectivity index (χ2v) is 11.0. The molecule has 32 heavy (non-hydrogen) atoms. The molecule has 11 heteroatoms. The monoisotopic (exact) mass is 611 g/mol. The number of amides is 2. The van der Waals surface area contributed by atoms with Crippen LogP contribution in [-0.4, -0.2) is 50.5 Å². The van der Waals surface area contributed by atoms with Crippen LogP contribution in [0.3, 0.4) is 0 Å². The number of carbonyl (C=O) groups excluding carboxylic acids is 2. The van der Waals surface area contributed by atoms with E-state index in [1.807, 2.05) is 0 Å². The molecule has 1 unspecified atom stereocenters. The summed E-state index contributed by atoms with van der Waals surface area (Å²) in [4.78, 5) is 27.2. The van der Waals surface area contributed by atoms with Crippen LogP contribution in [-0.2, 0) is 26.2 Å². The van der Waals surface area contributed by atoms with E-state index >= 15 is 0 Å². The minimum absolute atomic E-state index is 0.0556. The standard InChI is InChI=1S/C21H24Cl2IN3O4S/c1-4-25-21(29)14(2)26(12-17-18(22)6-5-7-19(17)23)20(28)13-27(32(3,30)31)16-10-8-15(24)9-11-16/h5-11,14H,4,12-13H2,1-3H3,(H,25,29). The number of rotatable bonds is 9. The molecule has 2 aromatic carbocycles. The quantitative estimate of drug-likeness (QED) is 0.436. The van der Waals surface area contributed by atoms with Gasteiger partial charge in [0.2, 0.25) is 21.8 Å². The minimum Gasteiger partial charge on any atom is -0.355 e. The third-order valence-corrected chi connectivity index (χ3v) is 7.27. The summed E-state index contributed by atoms with van der Waals surface area (Å²) in [5.41, 5.74) is 0.822. The van der Waals surface area contributed by atoms with Crippen LogP contribution in [0.25, 0.3) is 0 Å². The van der Waals surface area contributed by atoms with Crippen molar-refractivity contribution in [2.45, 2.75) is 26.4 Å². The highest BCUT2D eigenvalue weighted by Crippen LogP contribution is 2.27. The molecular weight excluding hydrogens is 588 g/mol. The van der Waals surface area contributed by atoms with Gasteiger partial charge in [-0.25, -0.2) is 8.42 Å². The van der Waals surface area contributed by atoms with Crippen molar-refractivity contribution in [1.29, 1.82) is 0 Å². The maximum absolute atomic E-state index is 13.4. The summed E-state index contributed by atoms with van der Waals surface area (Å²) >= 11 is 14.7. The smallest absolute Gasteiger partial charge is 0.244 e. The molecule has 0 spiro atoms. The van der Waals surface area contributed by atoms with Crippen LogP contribution in [0.4, 0.5) is 5.69 Å². The molecule has 0 aliphatic rings. The number of benzene rings is 2. The molecule has 0 aliphatic carbocycles. The van der Waals surface area contributed by atoms with Gasteiger partial charge < -0.3 is 10.2 Å². The second-order valence-electron chi connectivity index (χ2n) is 7.04. The lowest BCUT2D eigenvalue weighted by molar-refractivity contribution is -0.139. The Hall–Kier alpha value is -1.56. The first-order valence-electron chi connectivity index (χ1n) is 9.69. The maximum atomic E-state index is 13.4. The highest BCUT2D eigenvalue weighted by molar-refractivity contribution is 14.1. The van der Waals surface area contributed by atoms with Gasteiger partial charge in [-0.05, 0) is 72.8 Å². The van der Waals surface area contributed by atoms with Crippen LogP contribution in [0.15, 0.2) is 42.5 Å². The number of nitrogens with one attached hydrogen (secondary N) is 1. The van der Waals surface area contributed by atoms with E-state index in [1.165, 1.54) is 4.90 Å². The summed E-state index contributed by atoms with van der Waals surface area (Å²) in [5.74, 6) is -0.937. The van der Waals surface area contributed by atoms with Crippen LogP contribution in [0.2, 0.25) is 10.0 Å². The zero-order valence-corrected chi connectivity index (χ0v) is 22.3. The Morgan fingerprint density at radius 3 is 2.16 bits per heavy atom. The van der Waals surface area contributed by atoms with E-state index in [0.29, 0.717) is 27.8 Å². The lowest BCUT2D eigenvalue weighted by Crippen LogP contribution is -2.51. The number of anilines is 1. The predicted molar refractivity (Wildman–Crippen MR) is 137 cm³/mol. The molecule has 0 aromatic heterocycles. The van der Waals surface area contributed by atoms with Gasteiger partial charge in [0.05, 0.1) is 11.9 Å². The lowest BCUT2D eigenvalue weighted by atomic mass is 10.1. The van der Waals surface area contributed by atoms with Crippen molar-refractivity contribution in [3.8, 4) is 0 Å². The first-order valence-corrected chi connectivity index (χ1v) is 13.4. The molecule has 7 nitrogen and oxygen atoms in total. The molecule has 0 fully saturated rings. The fourth-order valence-electron chi connectivity index (χ4n) is 2.98. The van der Waals surface area contributed by atoms with E-state index in [4.69, 9.17) is 23.2 Å². The molecule has 2 amide bonds. The fourth-order valence-corrected chi connectivity index (χ4v) is 4.71. The first-order chi connectivity index (χ1) is 15.0. The number of sulfonamides is 1. The minimum atomic E-state index is -3.77. The van der Waals surface area contributed by atoms with Crippen LogP contribution in [0, 0.1) is 3.57 Å². The van der Waals surface area contributed by atoms with Gasteiger partial charge in [0, 0.05) is 32.3 Å².